The van der Waals surface area contributed by atoms with Gasteiger partial charge in [0.2, 0.25) is 5.91 Å². The van der Waals surface area contributed by atoms with E-state index in [2.05, 4.69) is 0 Å². The molecule has 1 aliphatic heterocycles. The van der Waals surface area contributed by atoms with Crippen LogP contribution in [0.25, 0.3) is 0 Å². The summed E-state index contributed by atoms with van der Waals surface area (Å²) in [6.07, 6.45) is -4.39. The molecular weight excluding hydrogens is 255 g/mol. The van der Waals surface area contributed by atoms with Crippen LogP contribution in [0.4, 0.5) is 18.9 Å². The van der Waals surface area contributed by atoms with Crippen LogP contribution >= 0.6 is 0 Å². The highest BCUT2D eigenvalue weighted by molar-refractivity contribution is 6.07. The molecule has 0 N–H and O–H groups in total. The summed E-state index contributed by atoms with van der Waals surface area (Å²) >= 11 is 0. The number of para-hydroxylation sites is 1. The van der Waals surface area contributed by atoms with Crippen molar-refractivity contribution >= 4 is 11.6 Å². The first-order valence-corrected chi connectivity index (χ1v) is 6.22. The van der Waals surface area contributed by atoms with Crippen LogP contribution in [0.15, 0.2) is 24.3 Å². The first-order chi connectivity index (χ1) is 8.73. The topological polar surface area (TPSA) is 20.3 Å². The molecule has 0 aliphatic carbocycles. The third kappa shape index (κ3) is 2.91. The molecule has 0 spiro atoms. The molecule has 5 heteroatoms. The number of nitrogens with zero attached hydrogens (tertiary/aromatic N) is 1. The maximum atomic E-state index is 12.4. The number of hydrogen-bond donors (Lipinski definition) is 0. The summed E-state index contributed by atoms with van der Waals surface area (Å²) in [7, 11) is 0. The molecule has 0 fully saturated rings. The summed E-state index contributed by atoms with van der Waals surface area (Å²) in [5, 5.41) is 0. The van der Waals surface area contributed by atoms with Crippen molar-refractivity contribution in [2.45, 2.75) is 39.3 Å². The fourth-order valence-corrected chi connectivity index (χ4v) is 2.14. The van der Waals surface area contributed by atoms with E-state index in [4.69, 9.17) is 0 Å². The zero-order chi connectivity index (χ0) is 14.8. The molecule has 0 atom stereocenters. The molecule has 0 saturated carbocycles. The number of amides is 1. The van der Waals surface area contributed by atoms with Gasteiger partial charge in [-0.05, 0) is 25.5 Å². The number of benzene rings is 1. The molecule has 0 bridgehead atoms. The Morgan fingerprint density at radius 1 is 1.16 bits per heavy atom. The predicted octanol–water partition coefficient (Wildman–Crippen LogP) is 3.90. The molecule has 1 amide bonds. The maximum absolute atomic E-state index is 12.4. The van der Waals surface area contributed by atoms with E-state index in [0.717, 1.165) is 4.90 Å². The van der Waals surface area contributed by atoms with Gasteiger partial charge in [-0.25, -0.2) is 0 Å². The van der Waals surface area contributed by atoms with Crippen LogP contribution in [0.1, 0.15) is 33.3 Å². The Balaban J connectivity index is 0.000000861. The molecule has 19 heavy (non-hydrogen) atoms. The lowest BCUT2D eigenvalue weighted by atomic mass is 9.86. The van der Waals surface area contributed by atoms with Gasteiger partial charge in [-0.3, -0.25) is 4.79 Å². The van der Waals surface area contributed by atoms with Gasteiger partial charge in [0, 0.05) is 5.69 Å². The summed E-state index contributed by atoms with van der Waals surface area (Å²) in [6, 6.07) is 6.61. The smallest absolute Gasteiger partial charge is 0.302 e. The van der Waals surface area contributed by atoms with Gasteiger partial charge in [-0.1, -0.05) is 32.0 Å². The van der Waals surface area contributed by atoms with Gasteiger partial charge < -0.3 is 4.90 Å². The minimum atomic E-state index is -4.39. The molecular formula is C14H18F3NO. The Morgan fingerprint density at radius 3 is 2.21 bits per heavy atom. The molecule has 2 rings (SSSR count). The largest absolute Gasteiger partial charge is 0.406 e. The third-order valence-electron chi connectivity index (χ3n) is 2.99. The summed E-state index contributed by atoms with van der Waals surface area (Å²) in [5.74, 6) is -0.504. The van der Waals surface area contributed by atoms with Crippen molar-refractivity contribution in [3.63, 3.8) is 0 Å². The molecule has 1 heterocycles. The van der Waals surface area contributed by atoms with Crippen molar-refractivity contribution in [1.29, 1.82) is 0 Å². The van der Waals surface area contributed by atoms with Crippen LogP contribution in [-0.2, 0) is 10.2 Å². The second kappa shape index (κ2) is 5.23. The van der Waals surface area contributed by atoms with Crippen molar-refractivity contribution in [1.82, 2.24) is 0 Å². The summed E-state index contributed by atoms with van der Waals surface area (Å²) in [6.45, 7) is 6.06. The van der Waals surface area contributed by atoms with E-state index in [1.807, 2.05) is 13.8 Å². The average molecular weight is 273 g/mol. The molecule has 1 aromatic rings. The lowest BCUT2D eigenvalue weighted by Crippen LogP contribution is -2.41. The Bertz CT molecular complexity index is 466. The van der Waals surface area contributed by atoms with Crippen LogP contribution in [0.2, 0.25) is 0 Å². The van der Waals surface area contributed by atoms with Gasteiger partial charge in [-0.2, -0.15) is 13.2 Å². The number of carbonyl (C=O) groups is 1. The van der Waals surface area contributed by atoms with Crippen LogP contribution in [0.5, 0.6) is 0 Å². The average Bonchev–Trinajstić information content (AvgIpc) is 2.53. The Kier molecular flexibility index (Phi) is 4.28. The highest BCUT2D eigenvalue weighted by atomic mass is 19.4. The standard InChI is InChI=1S/C12H12F3NO.C2H6/c1-11(2)8-5-3-4-6-9(8)16(10(11)17)7-12(13,14)15;1-2/h3-6H,7H2,1-2H3;1-2H3. The van der Waals surface area contributed by atoms with Gasteiger partial charge in [0.25, 0.3) is 0 Å². The highest BCUT2D eigenvalue weighted by Crippen LogP contribution is 2.42. The number of carbonyl (C=O) groups excluding carboxylic acids is 1. The number of rotatable bonds is 1. The lowest BCUT2D eigenvalue weighted by Gasteiger charge is -2.21. The fraction of sp³-hybridized carbons (Fsp3) is 0.500. The number of halogens is 3. The van der Waals surface area contributed by atoms with Gasteiger partial charge in [0.15, 0.2) is 0 Å². The van der Waals surface area contributed by atoms with E-state index in [1.54, 1.807) is 38.1 Å². The summed E-state index contributed by atoms with van der Waals surface area (Å²) < 4.78 is 37.3. The van der Waals surface area contributed by atoms with Gasteiger partial charge in [0.1, 0.15) is 6.54 Å². The second-order valence-corrected chi connectivity index (χ2v) is 4.65. The Labute approximate surface area is 111 Å². The maximum Gasteiger partial charge on any atom is 0.406 e. The molecule has 1 aliphatic rings. The first kappa shape index (κ1) is 15.5. The SMILES string of the molecule is CC.CC1(C)C(=O)N(CC(F)(F)F)c2ccccc21. The van der Waals surface area contributed by atoms with Crippen molar-refractivity contribution in [2.75, 3.05) is 11.4 Å². The summed E-state index contributed by atoms with van der Waals surface area (Å²) in [4.78, 5) is 12.8. The van der Waals surface area contributed by atoms with Gasteiger partial charge in [-0.15, -0.1) is 0 Å². The van der Waals surface area contributed by atoms with Crippen LogP contribution < -0.4 is 4.90 Å². The van der Waals surface area contributed by atoms with Crippen molar-refractivity contribution in [3.8, 4) is 0 Å². The normalized spacial score (nSPS) is 16.8. The van der Waals surface area contributed by atoms with Crippen LogP contribution in [0.3, 0.4) is 0 Å². The lowest BCUT2D eigenvalue weighted by molar-refractivity contribution is -0.134. The first-order valence-electron chi connectivity index (χ1n) is 6.22. The highest BCUT2D eigenvalue weighted by Gasteiger charge is 2.47. The van der Waals surface area contributed by atoms with Crippen molar-refractivity contribution in [3.05, 3.63) is 29.8 Å². The number of anilines is 1. The van der Waals surface area contributed by atoms with Gasteiger partial charge in [0.05, 0.1) is 5.41 Å². The van der Waals surface area contributed by atoms with E-state index in [9.17, 15) is 18.0 Å². The van der Waals surface area contributed by atoms with Crippen molar-refractivity contribution in [2.24, 2.45) is 0 Å². The Morgan fingerprint density at radius 2 is 1.68 bits per heavy atom. The summed E-state index contributed by atoms with van der Waals surface area (Å²) in [5.41, 5.74) is 0.121. The minimum absolute atomic E-state index is 0.361. The van der Waals surface area contributed by atoms with E-state index < -0.39 is 24.0 Å². The molecule has 1 aromatic carbocycles. The Hall–Kier alpha value is -1.52. The monoisotopic (exact) mass is 273 g/mol. The third-order valence-corrected chi connectivity index (χ3v) is 2.99. The number of fused-ring (bicyclic) bond motifs is 1. The minimum Gasteiger partial charge on any atom is -0.302 e. The van der Waals surface area contributed by atoms with Crippen LogP contribution in [-0.4, -0.2) is 18.6 Å². The van der Waals surface area contributed by atoms with E-state index >= 15 is 0 Å². The van der Waals surface area contributed by atoms with E-state index in [1.165, 1.54) is 0 Å². The van der Waals surface area contributed by atoms with E-state index in [0.29, 0.717) is 11.3 Å². The zero-order valence-electron chi connectivity index (χ0n) is 11.5. The second-order valence-electron chi connectivity index (χ2n) is 4.65. The zero-order valence-corrected chi connectivity index (χ0v) is 11.5. The molecule has 2 nitrogen and oxygen atoms in total. The van der Waals surface area contributed by atoms with Crippen LogP contribution in [0, 0.1) is 0 Å². The quantitative estimate of drug-likeness (QED) is 0.760. The predicted molar refractivity (Wildman–Crippen MR) is 69.2 cm³/mol. The molecule has 106 valence electrons. The molecule has 0 saturated heterocycles. The van der Waals surface area contributed by atoms with Crippen molar-refractivity contribution < 1.29 is 18.0 Å². The fourth-order valence-electron chi connectivity index (χ4n) is 2.14. The molecule has 0 unspecified atom stereocenters. The van der Waals surface area contributed by atoms with E-state index in [-0.39, 0.29) is 0 Å². The molecule has 0 aromatic heterocycles. The number of alkyl halides is 3. The number of hydrogen-bond acceptors (Lipinski definition) is 1. The molecule has 0 radical (unpaired) electrons. The van der Waals surface area contributed by atoms with Gasteiger partial charge >= 0.3 is 6.18 Å².